The monoisotopic (exact) mass is 286 g/mol. The minimum Gasteiger partial charge on any atom is -0.382 e. The van der Waals surface area contributed by atoms with E-state index in [0.717, 1.165) is 5.92 Å². The maximum atomic E-state index is 3.76. The average Bonchev–Trinajstić information content (AvgIpc) is 2.56. The van der Waals surface area contributed by atoms with Gasteiger partial charge in [0, 0.05) is 30.5 Å². The van der Waals surface area contributed by atoms with Crippen LogP contribution in [0.2, 0.25) is 0 Å². The highest BCUT2D eigenvalue weighted by Gasteiger charge is 2.20. The van der Waals surface area contributed by atoms with Gasteiger partial charge in [-0.05, 0) is 62.3 Å². The van der Waals surface area contributed by atoms with Gasteiger partial charge in [0.05, 0.1) is 0 Å². The lowest BCUT2D eigenvalue weighted by Crippen LogP contribution is -2.29. The van der Waals surface area contributed by atoms with Crippen LogP contribution in [0.3, 0.4) is 0 Å². The van der Waals surface area contributed by atoms with Crippen molar-refractivity contribution < 1.29 is 0 Å². The molecule has 0 amide bonds. The summed E-state index contributed by atoms with van der Waals surface area (Å²) in [7, 11) is 0. The molecule has 21 heavy (non-hydrogen) atoms. The zero-order valence-electron chi connectivity index (χ0n) is 13.5. The molecule has 2 heteroatoms. The van der Waals surface area contributed by atoms with Gasteiger partial charge in [-0.25, -0.2) is 0 Å². The highest BCUT2D eigenvalue weighted by Crippen LogP contribution is 2.29. The summed E-state index contributed by atoms with van der Waals surface area (Å²) in [5.74, 6) is 0.934. The number of nitrogens with one attached hydrogen (secondary N) is 1. The number of benzene rings is 1. The van der Waals surface area contributed by atoms with E-state index in [1.54, 1.807) is 0 Å². The summed E-state index contributed by atoms with van der Waals surface area (Å²) in [5.41, 5.74) is 2.70. The van der Waals surface area contributed by atoms with Crippen LogP contribution in [0.25, 0.3) is 0 Å². The third kappa shape index (κ3) is 3.93. The summed E-state index contributed by atoms with van der Waals surface area (Å²) >= 11 is 0. The molecule has 0 spiro atoms. The normalized spacial score (nSPS) is 26.6. The molecule has 1 N–H and O–H groups in total. The fourth-order valence-corrected chi connectivity index (χ4v) is 3.95. The van der Waals surface area contributed by atoms with Gasteiger partial charge in [0.1, 0.15) is 0 Å². The fourth-order valence-electron chi connectivity index (χ4n) is 3.95. The first-order valence-corrected chi connectivity index (χ1v) is 8.96. The molecule has 0 radical (unpaired) electrons. The van der Waals surface area contributed by atoms with Crippen LogP contribution in [0.4, 0.5) is 11.4 Å². The predicted molar refractivity (Wildman–Crippen MR) is 92.2 cm³/mol. The molecule has 1 saturated carbocycles. The first kappa shape index (κ1) is 14.7. The van der Waals surface area contributed by atoms with Crippen molar-refractivity contribution in [3.63, 3.8) is 0 Å². The predicted octanol–water partition coefficient (Wildman–Crippen LogP) is 5.06. The second kappa shape index (κ2) is 7.20. The summed E-state index contributed by atoms with van der Waals surface area (Å²) < 4.78 is 0. The van der Waals surface area contributed by atoms with E-state index in [4.69, 9.17) is 0 Å². The summed E-state index contributed by atoms with van der Waals surface area (Å²) in [6.07, 6.45) is 10.9. The molecule has 1 aliphatic heterocycles. The van der Waals surface area contributed by atoms with Crippen molar-refractivity contribution >= 4 is 11.4 Å². The van der Waals surface area contributed by atoms with Crippen LogP contribution in [-0.4, -0.2) is 19.1 Å². The second-order valence-electron chi connectivity index (χ2n) is 6.88. The lowest BCUT2D eigenvalue weighted by Gasteiger charge is -2.31. The zero-order valence-corrected chi connectivity index (χ0v) is 13.5. The smallest absolute Gasteiger partial charge is 0.0367 e. The number of nitrogens with zero attached hydrogens (tertiary/aromatic N) is 1. The highest BCUT2D eigenvalue weighted by atomic mass is 15.1. The van der Waals surface area contributed by atoms with Gasteiger partial charge in [-0.2, -0.15) is 0 Å². The van der Waals surface area contributed by atoms with Gasteiger partial charge < -0.3 is 10.2 Å². The molecule has 0 aromatic heterocycles. The molecule has 116 valence electrons. The van der Waals surface area contributed by atoms with Crippen LogP contribution < -0.4 is 10.2 Å². The molecule has 1 aromatic carbocycles. The van der Waals surface area contributed by atoms with Crippen LogP contribution in [0, 0.1) is 5.92 Å². The Bertz CT molecular complexity index is 420. The quantitative estimate of drug-likeness (QED) is 0.832. The fraction of sp³-hybridized carbons (Fsp3) is 0.684. The third-order valence-corrected chi connectivity index (χ3v) is 5.32. The number of anilines is 2. The Hall–Kier alpha value is -1.18. The number of hydrogen-bond acceptors (Lipinski definition) is 2. The standard InChI is InChI=1S/C19H30N2/c1-2-16-7-6-8-18(15-16)20-17-9-11-19(12-10-17)21-13-4-3-5-14-21/h9-12,16,18,20H,2-8,13-15H2,1H3. The summed E-state index contributed by atoms with van der Waals surface area (Å²) in [4.78, 5) is 2.53. The first-order valence-electron chi connectivity index (χ1n) is 8.96. The van der Waals surface area contributed by atoms with Crippen molar-refractivity contribution in [1.29, 1.82) is 0 Å². The van der Waals surface area contributed by atoms with Crippen LogP contribution in [-0.2, 0) is 0 Å². The summed E-state index contributed by atoms with van der Waals surface area (Å²) in [5, 5.41) is 3.76. The van der Waals surface area contributed by atoms with E-state index in [9.17, 15) is 0 Å². The van der Waals surface area contributed by atoms with Crippen LogP contribution >= 0.6 is 0 Å². The van der Waals surface area contributed by atoms with Crippen LogP contribution in [0.5, 0.6) is 0 Å². The molecule has 2 nitrogen and oxygen atoms in total. The molecule has 1 saturated heterocycles. The second-order valence-corrected chi connectivity index (χ2v) is 6.88. The lowest BCUT2D eigenvalue weighted by molar-refractivity contribution is 0.327. The third-order valence-electron chi connectivity index (χ3n) is 5.32. The summed E-state index contributed by atoms with van der Waals surface area (Å²) in [6, 6.07) is 9.84. The highest BCUT2D eigenvalue weighted by molar-refractivity contribution is 5.55. The molecule has 2 unspecified atom stereocenters. The van der Waals surface area contributed by atoms with Crippen LogP contribution in [0.15, 0.2) is 24.3 Å². The van der Waals surface area contributed by atoms with Crippen molar-refractivity contribution in [2.75, 3.05) is 23.3 Å². The molecule has 0 bridgehead atoms. The van der Waals surface area contributed by atoms with E-state index in [2.05, 4.69) is 41.4 Å². The van der Waals surface area contributed by atoms with Crippen molar-refractivity contribution in [3.8, 4) is 0 Å². The molecule has 2 aliphatic rings. The number of rotatable bonds is 4. The maximum Gasteiger partial charge on any atom is 0.0367 e. The molecule has 3 rings (SSSR count). The molecule has 2 fully saturated rings. The van der Waals surface area contributed by atoms with Crippen molar-refractivity contribution in [1.82, 2.24) is 0 Å². The van der Waals surface area contributed by atoms with Gasteiger partial charge in [0.25, 0.3) is 0 Å². The number of hydrogen-bond donors (Lipinski definition) is 1. The van der Waals surface area contributed by atoms with Gasteiger partial charge in [-0.15, -0.1) is 0 Å². The molecular formula is C19H30N2. The van der Waals surface area contributed by atoms with Crippen LogP contribution in [0.1, 0.15) is 58.3 Å². The molecule has 1 heterocycles. The van der Waals surface area contributed by atoms with Gasteiger partial charge in [0.2, 0.25) is 0 Å². The van der Waals surface area contributed by atoms with Crippen molar-refractivity contribution in [2.45, 2.75) is 64.3 Å². The number of piperidine rings is 1. The zero-order chi connectivity index (χ0) is 14.5. The Kier molecular flexibility index (Phi) is 5.05. The average molecular weight is 286 g/mol. The molecular weight excluding hydrogens is 256 g/mol. The van der Waals surface area contributed by atoms with Gasteiger partial charge in [0.15, 0.2) is 0 Å². The molecule has 2 atom stereocenters. The Labute approximate surface area is 129 Å². The van der Waals surface area contributed by atoms with Gasteiger partial charge >= 0.3 is 0 Å². The first-order chi connectivity index (χ1) is 10.3. The minimum absolute atomic E-state index is 0.685. The lowest BCUT2D eigenvalue weighted by atomic mass is 9.84. The Morgan fingerprint density at radius 3 is 2.48 bits per heavy atom. The summed E-state index contributed by atoms with van der Waals surface area (Å²) in [6.45, 7) is 4.79. The van der Waals surface area contributed by atoms with E-state index >= 15 is 0 Å². The van der Waals surface area contributed by atoms with Gasteiger partial charge in [-0.1, -0.05) is 26.2 Å². The van der Waals surface area contributed by atoms with Crippen molar-refractivity contribution in [2.24, 2.45) is 5.92 Å². The largest absolute Gasteiger partial charge is 0.382 e. The molecule has 1 aliphatic carbocycles. The maximum absolute atomic E-state index is 3.76. The molecule has 1 aromatic rings. The SMILES string of the molecule is CCC1CCCC(Nc2ccc(N3CCCCC3)cc2)C1. The van der Waals surface area contributed by atoms with E-state index in [-0.39, 0.29) is 0 Å². The van der Waals surface area contributed by atoms with E-state index in [1.807, 2.05) is 0 Å². The van der Waals surface area contributed by atoms with Crippen molar-refractivity contribution in [3.05, 3.63) is 24.3 Å². The van der Waals surface area contributed by atoms with Gasteiger partial charge in [-0.3, -0.25) is 0 Å². The van der Waals surface area contributed by atoms with E-state index < -0.39 is 0 Å². The topological polar surface area (TPSA) is 15.3 Å². The Balaban J connectivity index is 1.56. The Morgan fingerprint density at radius 2 is 1.76 bits per heavy atom. The van der Waals surface area contributed by atoms with E-state index in [0.29, 0.717) is 6.04 Å². The minimum atomic E-state index is 0.685. The Morgan fingerprint density at radius 1 is 1.00 bits per heavy atom. The van der Waals surface area contributed by atoms with E-state index in [1.165, 1.54) is 75.8 Å².